The van der Waals surface area contributed by atoms with Crippen LogP contribution in [0, 0.1) is 5.41 Å². The van der Waals surface area contributed by atoms with Gasteiger partial charge in [0.1, 0.15) is 0 Å². The Morgan fingerprint density at radius 3 is 2.67 bits per heavy atom. The van der Waals surface area contributed by atoms with Crippen molar-refractivity contribution in [1.29, 1.82) is 5.41 Å². The van der Waals surface area contributed by atoms with Crippen molar-refractivity contribution in [2.45, 2.75) is 25.7 Å². The molecule has 0 spiro atoms. The Labute approximate surface area is 91.2 Å². The van der Waals surface area contributed by atoms with Crippen LogP contribution < -0.4 is 11.1 Å². The molecule has 0 amide bonds. The Hall–Kier alpha value is -1.51. The van der Waals surface area contributed by atoms with Gasteiger partial charge >= 0.3 is 0 Å². The fraction of sp³-hybridized carbons (Fsp3) is 0.417. The molecule has 0 unspecified atom stereocenters. The number of nitrogens with two attached hydrogens (primary N) is 1. The highest BCUT2D eigenvalue weighted by Crippen LogP contribution is 2.28. The summed E-state index contributed by atoms with van der Waals surface area (Å²) in [4.78, 5) is 0. The van der Waals surface area contributed by atoms with Gasteiger partial charge in [-0.15, -0.1) is 0 Å². The molecule has 0 fully saturated rings. The van der Waals surface area contributed by atoms with Crippen molar-refractivity contribution in [3.05, 3.63) is 29.8 Å². The van der Waals surface area contributed by atoms with Gasteiger partial charge in [0.25, 0.3) is 0 Å². The zero-order valence-electron chi connectivity index (χ0n) is 9.59. The summed E-state index contributed by atoms with van der Waals surface area (Å²) in [5, 5.41) is 10.5. The predicted octanol–water partition coefficient (Wildman–Crippen LogP) is 2.13. The van der Waals surface area contributed by atoms with Gasteiger partial charge in [-0.1, -0.05) is 26.0 Å². The summed E-state index contributed by atoms with van der Waals surface area (Å²) >= 11 is 0. The molecule has 0 aliphatic rings. The van der Waals surface area contributed by atoms with Crippen LogP contribution >= 0.6 is 0 Å². The van der Waals surface area contributed by atoms with E-state index in [1.807, 2.05) is 18.2 Å². The topological polar surface area (TPSA) is 61.9 Å². The van der Waals surface area contributed by atoms with Crippen molar-refractivity contribution < 1.29 is 0 Å². The molecule has 0 aliphatic heterocycles. The lowest BCUT2D eigenvalue weighted by Gasteiger charge is -2.25. The minimum Gasteiger partial charge on any atom is -0.399 e. The number of rotatable bonds is 3. The zero-order valence-corrected chi connectivity index (χ0v) is 9.59. The van der Waals surface area contributed by atoms with E-state index < -0.39 is 0 Å². The first-order chi connectivity index (χ1) is 6.95. The monoisotopic (exact) mass is 205 g/mol. The number of amidine groups is 1. The van der Waals surface area contributed by atoms with E-state index in [0.29, 0.717) is 12.3 Å². The summed E-state index contributed by atoms with van der Waals surface area (Å²) in [6.07, 6.45) is 0.687. The third kappa shape index (κ3) is 2.98. The molecule has 3 heteroatoms. The first-order valence-corrected chi connectivity index (χ1v) is 5.07. The van der Waals surface area contributed by atoms with Gasteiger partial charge in [-0.05, 0) is 23.1 Å². The van der Waals surface area contributed by atoms with Crippen LogP contribution in [0.25, 0.3) is 0 Å². The van der Waals surface area contributed by atoms with Gasteiger partial charge in [-0.2, -0.15) is 0 Å². The van der Waals surface area contributed by atoms with Crippen molar-refractivity contribution in [2.24, 2.45) is 0 Å². The van der Waals surface area contributed by atoms with Crippen molar-refractivity contribution in [3.63, 3.8) is 0 Å². The lowest BCUT2D eigenvalue weighted by Crippen LogP contribution is -2.28. The fourth-order valence-electron chi connectivity index (χ4n) is 1.59. The average Bonchev–Trinajstić information content (AvgIpc) is 2.17. The van der Waals surface area contributed by atoms with E-state index in [4.69, 9.17) is 11.1 Å². The summed E-state index contributed by atoms with van der Waals surface area (Å²) in [7, 11) is 1.78. The number of nitrogens with one attached hydrogen (secondary N) is 2. The van der Waals surface area contributed by atoms with Gasteiger partial charge in [-0.25, -0.2) is 0 Å². The second-order valence-electron chi connectivity index (χ2n) is 4.41. The van der Waals surface area contributed by atoms with Crippen LogP contribution in [0.3, 0.4) is 0 Å². The van der Waals surface area contributed by atoms with Crippen LogP contribution in [0.2, 0.25) is 0 Å². The normalized spacial score (nSPS) is 11.1. The number of nitrogen functional groups attached to an aromatic ring is 1. The Kier molecular flexibility index (Phi) is 3.35. The quantitative estimate of drug-likeness (QED) is 0.402. The Morgan fingerprint density at radius 2 is 2.13 bits per heavy atom. The van der Waals surface area contributed by atoms with Crippen LogP contribution in [0.4, 0.5) is 5.69 Å². The highest BCUT2D eigenvalue weighted by Gasteiger charge is 2.22. The molecule has 0 bridgehead atoms. The molecule has 0 saturated heterocycles. The highest BCUT2D eigenvalue weighted by atomic mass is 14.9. The second-order valence-corrected chi connectivity index (χ2v) is 4.41. The van der Waals surface area contributed by atoms with Crippen LogP contribution in [-0.2, 0) is 5.41 Å². The van der Waals surface area contributed by atoms with Gasteiger partial charge in [0.05, 0.1) is 5.84 Å². The smallest absolute Gasteiger partial charge is 0.0937 e. The van der Waals surface area contributed by atoms with Crippen LogP contribution in [0.5, 0.6) is 0 Å². The molecule has 0 radical (unpaired) electrons. The van der Waals surface area contributed by atoms with Crippen molar-refractivity contribution in [1.82, 2.24) is 5.32 Å². The Balaban J connectivity index is 2.90. The average molecular weight is 205 g/mol. The zero-order chi connectivity index (χ0) is 11.5. The maximum atomic E-state index is 7.65. The molecule has 0 atom stereocenters. The Bertz CT molecular complexity index is 356. The molecule has 82 valence electrons. The first-order valence-electron chi connectivity index (χ1n) is 5.07. The van der Waals surface area contributed by atoms with Crippen LogP contribution in [0.15, 0.2) is 24.3 Å². The minimum absolute atomic E-state index is 0.0600. The summed E-state index contributed by atoms with van der Waals surface area (Å²) < 4.78 is 0. The van der Waals surface area contributed by atoms with E-state index in [1.54, 1.807) is 7.05 Å². The molecule has 1 rings (SSSR count). The number of benzene rings is 1. The molecule has 0 aliphatic carbocycles. The molecular weight excluding hydrogens is 186 g/mol. The van der Waals surface area contributed by atoms with Gasteiger partial charge in [0.15, 0.2) is 0 Å². The van der Waals surface area contributed by atoms with Gasteiger partial charge in [0, 0.05) is 19.2 Å². The number of hydrogen-bond donors (Lipinski definition) is 3. The molecular formula is C12H19N3. The molecule has 4 N–H and O–H groups in total. The van der Waals surface area contributed by atoms with E-state index in [0.717, 1.165) is 5.69 Å². The van der Waals surface area contributed by atoms with Crippen LogP contribution in [-0.4, -0.2) is 12.9 Å². The Morgan fingerprint density at radius 1 is 1.47 bits per heavy atom. The molecule has 0 heterocycles. The van der Waals surface area contributed by atoms with Gasteiger partial charge < -0.3 is 11.1 Å². The standard InChI is InChI=1S/C12H19N3/c1-12(2,8-11(14)15-3)9-5-4-6-10(13)7-9/h4-7H,8,13H2,1-3H3,(H2,14,15). The summed E-state index contributed by atoms with van der Waals surface area (Å²) in [6, 6.07) is 7.86. The predicted molar refractivity (Wildman–Crippen MR) is 65.3 cm³/mol. The number of anilines is 1. The van der Waals surface area contributed by atoms with E-state index in [1.165, 1.54) is 5.56 Å². The van der Waals surface area contributed by atoms with E-state index in [2.05, 4.69) is 25.2 Å². The third-order valence-corrected chi connectivity index (χ3v) is 2.59. The molecule has 15 heavy (non-hydrogen) atoms. The fourth-order valence-corrected chi connectivity index (χ4v) is 1.59. The van der Waals surface area contributed by atoms with E-state index >= 15 is 0 Å². The van der Waals surface area contributed by atoms with E-state index in [9.17, 15) is 0 Å². The largest absolute Gasteiger partial charge is 0.399 e. The van der Waals surface area contributed by atoms with Crippen molar-refractivity contribution in [3.8, 4) is 0 Å². The molecule has 1 aromatic rings. The lowest BCUT2D eigenvalue weighted by atomic mass is 9.81. The second kappa shape index (κ2) is 4.34. The maximum Gasteiger partial charge on any atom is 0.0937 e. The van der Waals surface area contributed by atoms with E-state index in [-0.39, 0.29) is 5.41 Å². The highest BCUT2D eigenvalue weighted by molar-refractivity contribution is 5.80. The molecule has 0 aromatic heterocycles. The summed E-state index contributed by atoms with van der Waals surface area (Å²) in [5.41, 5.74) is 7.63. The van der Waals surface area contributed by atoms with Gasteiger partial charge in [-0.3, -0.25) is 5.41 Å². The lowest BCUT2D eigenvalue weighted by molar-refractivity contribution is 0.543. The van der Waals surface area contributed by atoms with Gasteiger partial charge in [0.2, 0.25) is 0 Å². The van der Waals surface area contributed by atoms with Crippen molar-refractivity contribution >= 4 is 11.5 Å². The molecule has 3 nitrogen and oxygen atoms in total. The summed E-state index contributed by atoms with van der Waals surface area (Å²) in [5.74, 6) is 0.544. The number of hydrogen-bond acceptors (Lipinski definition) is 2. The first kappa shape index (κ1) is 11.6. The maximum absolute atomic E-state index is 7.65. The van der Waals surface area contributed by atoms with Crippen LogP contribution in [0.1, 0.15) is 25.8 Å². The minimum atomic E-state index is -0.0600. The SMILES string of the molecule is CNC(=N)CC(C)(C)c1cccc(N)c1. The van der Waals surface area contributed by atoms with Crippen molar-refractivity contribution in [2.75, 3.05) is 12.8 Å². The summed E-state index contributed by atoms with van der Waals surface area (Å²) in [6.45, 7) is 4.24. The third-order valence-electron chi connectivity index (χ3n) is 2.59. The molecule has 0 saturated carbocycles. The molecule has 1 aromatic carbocycles.